The molecule has 0 saturated carbocycles. The Balaban J connectivity index is 1.53. The number of piperidine rings is 1. The van der Waals surface area contributed by atoms with Gasteiger partial charge in [-0.1, -0.05) is 0 Å². The fraction of sp³-hybridized carbons (Fsp3) is 0.455. The molecular weight excluding hydrogens is 418 g/mol. The van der Waals surface area contributed by atoms with Gasteiger partial charge in [0.25, 0.3) is 12.3 Å². The second-order valence-electron chi connectivity index (χ2n) is 7.79. The van der Waals surface area contributed by atoms with E-state index in [4.69, 9.17) is 0 Å². The molecule has 172 valence electrons. The van der Waals surface area contributed by atoms with E-state index < -0.39 is 19.0 Å². The molecule has 32 heavy (non-hydrogen) atoms. The Morgan fingerprint density at radius 3 is 2.62 bits per heavy atom. The van der Waals surface area contributed by atoms with Gasteiger partial charge in [0.1, 0.15) is 11.5 Å². The van der Waals surface area contributed by atoms with E-state index >= 15 is 0 Å². The molecule has 8 nitrogen and oxygen atoms in total. The molecule has 2 aromatic heterocycles. The maximum atomic E-state index is 12.2. The molecule has 3 heterocycles. The van der Waals surface area contributed by atoms with E-state index in [1.54, 1.807) is 25.4 Å². The molecular formula is C22H28F2N6O2. The van der Waals surface area contributed by atoms with Crippen LogP contribution in [0.3, 0.4) is 0 Å². The van der Waals surface area contributed by atoms with Crippen LogP contribution in [0.2, 0.25) is 0 Å². The first-order valence-corrected chi connectivity index (χ1v) is 10.6. The number of aryl methyl sites for hydroxylation is 1. The Labute approximate surface area is 185 Å². The fourth-order valence-corrected chi connectivity index (χ4v) is 3.85. The van der Waals surface area contributed by atoms with E-state index in [-0.39, 0.29) is 5.91 Å². The molecule has 1 aliphatic heterocycles. The molecule has 1 aliphatic rings. The van der Waals surface area contributed by atoms with Crippen molar-refractivity contribution in [2.75, 3.05) is 36.9 Å². The monoisotopic (exact) mass is 446 g/mol. The Morgan fingerprint density at radius 1 is 1.22 bits per heavy atom. The highest BCUT2D eigenvalue weighted by Gasteiger charge is 2.22. The van der Waals surface area contributed by atoms with Crippen LogP contribution in [0.5, 0.6) is 0 Å². The van der Waals surface area contributed by atoms with Gasteiger partial charge in [0.2, 0.25) is 0 Å². The van der Waals surface area contributed by atoms with Crippen LogP contribution in [0.15, 0.2) is 30.5 Å². The van der Waals surface area contributed by atoms with Gasteiger partial charge in [0.15, 0.2) is 0 Å². The van der Waals surface area contributed by atoms with Crippen LogP contribution in [0.4, 0.5) is 25.1 Å². The molecule has 0 unspecified atom stereocenters. The van der Waals surface area contributed by atoms with Crippen molar-refractivity contribution in [2.24, 2.45) is 5.92 Å². The second kappa shape index (κ2) is 10.8. The number of rotatable bonds is 7. The summed E-state index contributed by atoms with van der Waals surface area (Å²) in [6.07, 6.45) is 1.85. The quantitative estimate of drug-likeness (QED) is 0.607. The summed E-state index contributed by atoms with van der Waals surface area (Å²) in [5, 5.41) is 7.17. The van der Waals surface area contributed by atoms with Gasteiger partial charge in [-0.2, -0.15) is 0 Å². The number of carbonyl (C=O) groups is 2. The third-order valence-corrected chi connectivity index (χ3v) is 5.48. The van der Waals surface area contributed by atoms with Crippen LogP contribution in [-0.2, 0) is 6.42 Å². The van der Waals surface area contributed by atoms with Crippen molar-refractivity contribution < 1.29 is 18.4 Å². The van der Waals surface area contributed by atoms with Gasteiger partial charge in [-0.25, -0.2) is 23.5 Å². The van der Waals surface area contributed by atoms with Crippen molar-refractivity contribution in [3.05, 3.63) is 47.4 Å². The van der Waals surface area contributed by atoms with Crippen LogP contribution in [0.1, 0.15) is 34.6 Å². The number of anilines is 2. The van der Waals surface area contributed by atoms with Gasteiger partial charge in [0.05, 0.1) is 17.9 Å². The lowest BCUT2D eigenvalue weighted by Gasteiger charge is -2.34. The number of amides is 3. The molecule has 0 aromatic carbocycles. The highest BCUT2D eigenvalue weighted by Crippen LogP contribution is 2.27. The Bertz CT molecular complexity index is 948. The van der Waals surface area contributed by atoms with E-state index in [1.165, 1.54) is 0 Å². The molecule has 1 saturated heterocycles. The van der Waals surface area contributed by atoms with Crippen LogP contribution in [-0.4, -0.2) is 55.0 Å². The smallest absolute Gasteiger partial charge is 0.320 e. The number of hydrogen-bond acceptors (Lipinski definition) is 5. The van der Waals surface area contributed by atoms with Crippen LogP contribution in [0.25, 0.3) is 0 Å². The number of hydrogen-bond donors (Lipinski definition) is 3. The number of pyridine rings is 2. The lowest BCUT2D eigenvalue weighted by molar-refractivity contribution is 0.0958. The molecule has 3 N–H and O–H groups in total. The number of halogens is 2. The van der Waals surface area contributed by atoms with Crippen molar-refractivity contribution >= 4 is 23.4 Å². The molecule has 0 radical (unpaired) electrons. The van der Waals surface area contributed by atoms with Gasteiger partial charge >= 0.3 is 6.03 Å². The third-order valence-electron chi connectivity index (χ3n) is 5.48. The number of alkyl halides is 2. The van der Waals surface area contributed by atoms with Gasteiger partial charge in [-0.05, 0) is 61.9 Å². The lowest BCUT2D eigenvalue weighted by atomic mass is 9.90. The van der Waals surface area contributed by atoms with E-state index in [1.807, 2.05) is 19.1 Å². The van der Waals surface area contributed by atoms with Crippen molar-refractivity contribution in [2.45, 2.75) is 32.6 Å². The summed E-state index contributed by atoms with van der Waals surface area (Å²) in [6.45, 7) is 2.99. The summed E-state index contributed by atoms with van der Waals surface area (Å²) in [7, 11) is 1.59. The molecule has 0 atom stereocenters. The van der Waals surface area contributed by atoms with Crippen LogP contribution >= 0.6 is 0 Å². The summed E-state index contributed by atoms with van der Waals surface area (Å²) in [6, 6.07) is 6.68. The standard InChI is InChI=1S/C22H28F2N6O2/c1-14-18(4-3-17(28-14)21(31)25-2)30-9-6-15(7-10-30)11-16-5-8-26-20(12-16)29-22(32)27-13-19(23)24/h3-5,8,12,15,19H,6-7,9-11,13H2,1-2H3,(H,25,31)(H2,26,27,29,32). The zero-order chi connectivity index (χ0) is 23.1. The summed E-state index contributed by atoms with van der Waals surface area (Å²) < 4.78 is 24.4. The first-order chi connectivity index (χ1) is 15.4. The zero-order valence-electron chi connectivity index (χ0n) is 18.2. The predicted molar refractivity (Wildman–Crippen MR) is 118 cm³/mol. The highest BCUT2D eigenvalue weighted by molar-refractivity contribution is 5.92. The maximum absolute atomic E-state index is 12.2. The van der Waals surface area contributed by atoms with Crippen LogP contribution < -0.4 is 20.9 Å². The first-order valence-electron chi connectivity index (χ1n) is 10.6. The first kappa shape index (κ1) is 23.4. The molecule has 0 spiro atoms. The minimum atomic E-state index is -2.60. The second-order valence-corrected chi connectivity index (χ2v) is 7.79. The molecule has 0 aliphatic carbocycles. The fourth-order valence-electron chi connectivity index (χ4n) is 3.85. The number of aromatic nitrogens is 2. The van der Waals surface area contributed by atoms with Crippen molar-refractivity contribution in [1.82, 2.24) is 20.6 Å². The average Bonchev–Trinajstić information content (AvgIpc) is 2.78. The topological polar surface area (TPSA) is 99.3 Å². The Hall–Kier alpha value is -3.30. The van der Waals surface area contributed by atoms with Gasteiger partial charge < -0.3 is 15.5 Å². The third kappa shape index (κ3) is 6.35. The summed E-state index contributed by atoms with van der Waals surface area (Å²) in [5.41, 5.74) is 3.32. The Kier molecular flexibility index (Phi) is 7.91. The molecule has 0 bridgehead atoms. The molecule has 10 heteroatoms. The largest absolute Gasteiger partial charge is 0.370 e. The van der Waals surface area contributed by atoms with E-state index in [2.05, 4.69) is 30.8 Å². The van der Waals surface area contributed by atoms with Gasteiger partial charge in [-0.3, -0.25) is 10.1 Å². The zero-order valence-corrected chi connectivity index (χ0v) is 18.2. The number of carbonyl (C=O) groups excluding carboxylic acids is 2. The molecule has 2 aromatic rings. The van der Waals surface area contributed by atoms with E-state index in [9.17, 15) is 18.4 Å². The van der Waals surface area contributed by atoms with Crippen LogP contribution in [0, 0.1) is 12.8 Å². The van der Waals surface area contributed by atoms with E-state index in [0.29, 0.717) is 17.4 Å². The average molecular weight is 447 g/mol. The maximum Gasteiger partial charge on any atom is 0.320 e. The van der Waals surface area contributed by atoms with Gasteiger partial charge in [0, 0.05) is 26.3 Å². The van der Waals surface area contributed by atoms with Crippen molar-refractivity contribution in [1.29, 1.82) is 0 Å². The highest BCUT2D eigenvalue weighted by atomic mass is 19.3. The van der Waals surface area contributed by atoms with Crippen molar-refractivity contribution in [3.63, 3.8) is 0 Å². The van der Waals surface area contributed by atoms with E-state index in [0.717, 1.165) is 49.3 Å². The summed E-state index contributed by atoms with van der Waals surface area (Å²) in [4.78, 5) is 34.2. The molecule has 1 fully saturated rings. The number of urea groups is 1. The van der Waals surface area contributed by atoms with Gasteiger partial charge in [-0.15, -0.1) is 0 Å². The Morgan fingerprint density at radius 2 is 1.97 bits per heavy atom. The number of nitrogens with one attached hydrogen (secondary N) is 3. The number of nitrogens with zero attached hydrogens (tertiary/aromatic N) is 3. The van der Waals surface area contributed by atoms with Crippen molar-refractivity contribution in [3.8, 4) is 0 Å². The lowest BCUT2D eigenvalue weighted by Crippen LogP contribution is -2.35. The minimum absolute atomic E-state index is 0.198. The normalized spacial score (nSPS) is 14.3. The summed E-state index contributed by atoms with van der Waals surface area (Å²) in [5.74, 6) is 0.619. The molecule has 3 amide bonds. The minimum Gasteiger partial charge on any atom is -0.370 e. The summed E-state index contributed by atoms with van der Waals surface area (Å²) >= 11 is 0. The molecule has 3 rings (SSSR count). The SMILES string of the molecule is CNC(=O)c1ccc(N2CCC(Cc3ccnc(NC(=O)NCC(F)F)c3)CC2)c(C)n1. The predicted octanol–water partition coefficient (Wildman–Crippen LogP) is 2.99.